The molecule has 18 heavy (non-hydrogen) atoms. The molecule has 0 aliphatic heterocycles. The number of carbonyl (C=O) groups excluding carboxylic acids is 1. The molecule has 7 heteroatoms. The Morgan fingerprint density at radius 2 is 1.67 bits per heavy atom. The van der Waals surface area contributed by atoms with E-state index in [0.29, 0.717) is 6.54 Å². The molecule has 0 atom stereocenters. The summed E-state index contributed by atoms with van der Waals surface area (Å²) in [5.74, 6) is 0. The second-order valence-corrected chi connectivity index (χ2v) is 2.89. The Morgan fingerprint density at radius 3 is 2.00 bits per heavy atom. The number of benzene rings is 1. The van der Waals surface area contributed by atoms with Crippen LogP contribution in [0.15, 0.2) is 30.3 Å². The first-order chi connectivity index (χ1) is 7.61. The molecule has 1 aromatic carbocycles. The van der Waals surface area contributed by atoms with Crippen molar-refractivity contribution in [3.63, 3.8) is 0 Å². The molecule has 1 aromatic rings. The Balaban J connectivity index is -0.000000332. The largest absolute Gasteiger partial charge is 1.00 e. The molecule has 1 rings (SSSR count). The minimum Gasteiger partial charge on any atom is -0.652 e. The Labute approximate surface area is 192 Å². The van der Waals surface area contributed by atoms with Gasteiger partial charge in [-0.3, -0.25) is 0 Å². The second-order valence-electron chi connectivity index (χ2n) is 2.89. The second kappa shape index (κ2) is 16.6. The Hall–Kier alpha value is 1.52. The van der Waals surface area contributed by atoms with E-state index < -0.39 is 6.16 Å². The van der Waals surface area contributed by atoms with E-state index in [9.17, 15) is 0 Å². The Kier molecular flexibility index (Phi) is 22.6. The summed E-state index contributed by atoms with van der Waals surface area (Å²) in [5, 5.41) is 25.5. The zero-order valence-corrected chi connectivity index (χ0v) is 17.4. The quantitative estimate of drug-likeness (QED) is 0.559. The van der Waals surface area contributed by atoms with Crippen molar-refractivity contribution in [2.75, 3.05) is 24.6 Å². The first kappa shape index (κ1) is 24.5. The van der Waals surface area contributed by atoms with Crippen LogP contribution < -0.4 is 118 Å². The number of anilines is 1. The van der Waals surface area contributed by atoms with Gasteiger partial charge in [-0.1, -0.05) is 18.2 Å². The van der Waals surface area contributed by atoms with E-state index in [2.05, 4.69) is 24.0 Å². The van der Waals surface area contributed by atoms with Crippen molar-refractivity contribution in [2.24, 2.45) is 0 Å². The smallest absolute Gasteiger partial charge is 0.652 e. The summed E-state index contributed by atoms with van der Waals surface area (Å²) in [6, 6.07) is 10.1. The maximum Gasteiger partial charge on any atom is 1.00 e. The molecule has 0 bridgehead atoms. The molecular formula is C11H15K2NO4. The maximum absolute atomic E-state index is 8.79. The normalized spacial score (nSPS) is 7.89. The van der Waals surface area contributed by atoms with Gasteiger partial charge in [0.05, 0.1) is 6.61 Å². The van der Waals surface area contributed by atoms with Gasteiger partial charge in [-0.05, 0) is 25.2 Å². The van der Waals surface area contributed by atoms with Crippen molar-refractivity contribution < 1.29 is 123 Å². The van der Waals surface area contributed by atoms with E-state index in [-0.39, 0.29) is 109 Å². The molecule has 0 heterocycles. The minimum atomic E-state index is -2.33. The third-order valence-electron chi connectivity index (χ3n) is 1.87. The van der Waals surface area contributed by atoms with Crippen molar-refractivity contribution in [2.45, 2.75) is 6.92 Å². The van der Waals surface area contributed by atoms with Crippen molar-refractivity contribution in [1.82, 2.24) is 0 Å². The van der Waals surface area contributed by atoms with Crippen LogP contribution in [0.3, 0.4) is 0 Å². The molecule has 0 saturated heterocycles. The van der Waals surface area contributed by atoms with Crippen LogP contribution in [0.1, 0.15) is 6.92 Å². The minimum absolute atomic E-state index is 0. The van der Waals surface area contributed by atoms with Crippen molar-refractivity contribution in [3.05, 3.63) is 30.3 Å². The molecule has 0 fully saturated rings. The van der Waals surface area contributed by atoms with Crippen molar-refractivity contribution in [3.8, 4) is 0 Å². The van der Waals surface area contributed by atoms with Gasteiger partial charge < -0.3 is 25.0 Å². The Bertz CT molecular complexity index is 294. The average Bonchev–Trinajstić information content (AvgIpc) is 2.26. The number of rotatable bonds is 4. The number of aliphatic hydroxyl groups excluding tert-OH is 1. The third-order valence-corrected chi connectivity index (χ3v) is 1.87. The van der Waals surface area contributed by atoms with E-state index in [4.69, 9.17) is 20.1 Å². The fraction of sp³-hybridized carbons (Fsp3) is 0.364. The number of carbonyl (C=O) groups is 1. The fourth-order valence-electron chi connectivity index (χ4n) is 1.23. The van der Waals surface area contributed by atoms with E-state index in [1.807, 2.05) is 18.2 Å². The number of hydrogen-bond donors (Lipinski definition) is 1. The summed E-state index contributed by atoms with van der Waals surface area (Å²) < 4.78 is 0. The summed E-state index contributed by atoms with van der Waals surface area (Å²) in [5.41, 5.74) is 1.18. The standard InChI is InChI=1S/C10H15NO.CH2O3.2K/c1-2-11(8-9-12)10-6-4-3-5-7-10;2-1(3)4;;/h3-7,12H,2,8-9H2,1H3;(H2,2,3,4);;/q;;2*+1/p-2. The predicted octanol–water partition coefficient (Wildman–Crippen LogP) is -6.93. The van der Waals surface area contributed by atoms with E-state index in [1.54, 1.807) is 0 Å². The monoisotopic (exact) mass is 303 g/mol. The number of hydrogen-bond acceptors (Lipinski definition) is 5. The zero-order chi connectivity index (χ0) is 12.4. The van der Waals surface area contributed by atoms with Crippen molar-refractivity contribution in [1.29, 1.82) is 0 Å². The van der Waals surface area contributed by atoms with Crippen LogP contribution in [-0.2, 0) is 0 Å². The van der Waals surface area contributed by atoms with Gasteiger partial charge in [-0.2, -0.15) is 0 Å². The first-order valence-electron chi connectivity index (χ1n) is 4.90. The number of para-hydroxylation sites is 1. The van der Waals surface area contributed by atoms with Crippen LogP contribution in [-0.4, -0.2) is 31.0 Å². The van der Waals surface area contributed by atoms with Gasteiger partial charge in [-0.25, -0.2) is 0 Å². The maximum atomic E-state index is 8.79. The van der Waals surface area contributed by atoms with Gasteiger partial charge in [0.1, 0.15) is 0 Å². The molecule has 0 radical (unpaired) electrons. The van der Waals surface area contributed by atoms with E-state index >= 15 is 0 Å². The van der Waals surface area contributed by atoms with Crippen LogP contribution in [0.25, 0.3) is 0 Å². The molecule has 0 amide bonds. The summed E-state index contributed by atoms with van der Waals surface area (Å²) >= 11 is 0. The summed E-state index contributed by atoms with van der Waals surface area (Å²) in [7, 11) is 0. The predicted molar refractivity (Wildman–Crippen MR) is 56.8 cm³/mol. The van der Waals surface area contributed by atoms with Crippen molar-refractivity contribution >= 4 is 11.8 Å². The number of nitrogens with zero attached hydrogens (tertiary/aromatic N) is 1. The molecule has 1 N–H and O–H groups in total. The van der Waals surface area contributed by atoms with E-state index in [0.717, 1.165) is 6.54 Å². The molecule has 5 nitrogen and oxygen atoms in total. The summed E-state index contributed by atoms with van der Waals surface area (Å²) in [6.07, 6.45) is -2.33. The van der Waals surface area contributed by atoms with Gasteiger partial charge in [0.25, 0.3) is 0 Å². The van der Waals surface area contributed by atoms with Crippen LogP contribution in [0.2, 0.25) is 0 Å². The average molecular weight is 303 g/mol. The van der Waals surface area contributed by atoms with Gasteiger partial charge in [-0.15, -0.1) is 0 Å². The van der Waals surface area contributed by atoms with Gasteiger partial charge >= 0.3 is 103 Å². The van der Waals surface area contributed by atoms with Gasteiger partial charge in [0.15, 0.2) is 0 Å². The molecule has 0 unspecified atom stereocenters. The van der Waals surface area contributed by atoms with Crippen LogP contribution in [0.5, 0.6) is 0 Å². The molecule has 0 aliphatic carbocycles. The molecule has 0 aliphatic rings. The topological polar surface area (TPSA) is 86.7 Å². The van der Waals surface area contributed by atoms with Gasteiger partial charge in [0, 0.05) is 18.8 Å². The molecular weight excluding hydrogens is 288 g/mol. The summed E-state index contributed by atoms with van der Waals surface area (Å²) in [4.78, 5) is 10.5. The first-order valence-corrected chi connectivity index (χ1v) is 4.90. The van der Waals surface area contributed by atoms with Crippen LogP contribution in [0.4, 0.5) is 10.5 Å². The van der Waals surface area contributed by atoms with Gasteiger partial charge in [0.2, 0.25) is 0 Å². The molecule has 0 spiro atoms. The van der Waals surface area contributed by atoms with E-state index in [1.165, 1.54) is 5.69 Å². The zero-order valence-electron chi connectivity index (χ0n) is 11.1. The van der Waals surface area contributed by atoms with Crippen LogP contribution >= 0.6 is 0 Å². The molecule has 90 valence electrons. The fourth-order valence-corrected chi connectivity index (χ4v) is 1.23. The molecule has 0 saturated carbocycles. The Morgan fingerprint density at radius 1 is 1.22 bits per heavy atom. The summed E-state index contributed by atoms with van der Waals surface area (Å²) in [6.45, 7) is 3.94. The third kappa shape index (κ3) is 13.9. The number of likely N-dealkylation sites (N-methyl/N-ethyl adjacent to an activating group) is 1. The number of aliphatic hydroxyl groups is 1. The van der Waals surface area contributed by atoms with Crippen LogP contribution in [0, 0.1) is 0 Å². The SMILES string of the molecule is CCN(CCO)c1ccccc1.O=C([O-])[O-].[K+].[K+]. The number of carboxylic acid groups (broad SMARTS) is 2. The molecule has 0 aromatic heterocycles.